The molecular formula is C15H13ClN2O. The Bertz CT molecular complexity index is 617. The van der Waals surface area contributed by atoms with Crippen molar-refractivity contribution in [3.05, 3.63) is 53.1 Å². The molecule has 0 aliphatic rings. The minimum Gasteiger partial charge on any atom is -0.497 e. The second-order valence-electron chi connectivity index (χ2n) is 4.03. The van der Waals surface area contributed by atoms with Gasteiger partial charge in [0.1, 0.15) is 11.8 Å². The number of hydrogen-bond acceptors (Lipinski definition) is 3. The topological polar surface area (TPSA) is 36.3 Å². The van der Waals surface area contributed by atoms with Gasteiger partial charge in [0.05, 0.1) is 18.4 Å². The highest BCUT2D eigenvalue weighted by molar-refractivity contribution is 6.30. The van der Waals surface area contributed by atoms with E-state index in [1.807, 2.05) is 36.2 Å². The largest absolute Gasteiger partial charge is 0.497 e. The Morgan fingerprint density at radius 2 is 1.84 bits per heavy atom. The molecule has 0 fully saturated rings. The summed E-state index contributed by atoms with van der Waals surface area (Å²) in [5.74, 6) is 0.795. The van der Waals surface area contributed by atoms with Gasteiger partial charge in [0.25, 0.3) is 0 Å². The lowest BCUT2D eigenvalue weighted by atomic mass is 10.1. The average Bonchev–Trinajstić information content (AvgIpc) is 2.46. The number of halogens is 1. The van der Waals surface area contributed by atoms with Crippen LogP contribution in [0.3, 0.4) is 0 Å². The molecule has 0 saturated carbocycles. The van der Waals surface area contributed by atoms with Gasteiger partial charge in [-0.25, -0.2) is 0 Å². The van der Waals surface area contributed by atoms with Crippen LogP contribution in [0.5, 0.6) is 5.75 Å². The van der Waals surface area contributed by atoms with E-state index >= 15 is 0 Å². The Morgan fingerprint density at radius 1 is 1.16 bits per heavy atom. The molecule has 0 heterocycles. The fourth-order valence-corrected chi connectivity index (χ4v) is 1.99. The first-order valence-electron chi connectivity index (χ1n) is 5.73. The van der Waals surface area contributed by atoms with Crippen LogP contribution >= 0.6 is 11.6 Å². The zero-order chi connectivity index (χ0) is 13.8. The van der Waals surface area contributed by atoms with Gasteiger partial charge in [0, 0.05) is 17.8 Å². The normalized spacial score (nSPS) is 9.79. The Morgan fingerprint density at radius 3 is 2.42 bits per heavy atom. The standard InChI is InChI=1S/C15H13ClN2O/c1-18(13-5-7-14(19-2)8-6-13)15-9-12(16)4-3-11(15)10-17/h3-9H,1-2H3. The number of ether oxygens (including phenoxy) is 1. The number of anilines is 2. The monoisotopic (exact) mass is 272 g/mol. The molecule has 2 aromatic rings. The van der Waals surface area contributed by atoms with E-state index in [1.54, 1.807) is 25.3 Å². The van der Waals surface area contributed by atoms with Crippen molar-refractivity contribution in [1.82, 2.24) is 0 Å². The summed E-state index contributed by atoms with van der Waals surface area (Å²) in [6.07, 6.45) is 0. The molecule has 19 heavy (non-hydrogen) atoms. The molecule has 96 valence electrons. The molecule has 0 spiro atoms. The summed E-state index contributed by atoms with van der Waals surface area (Å²) in [6.45, 7) is 0. The van der Waals surface area contributed by atoms with Gasteiger partial charge in [-0.3, -0.25) is 0 Å². The minimum absolute atomic E-state index is 0.586. The third-order valence-corrected chi connectivity index (χ3v) is 3.14. The fraction of sp³-hybridized carbons (Fsp3) is 0.133. The van der Waals surface area contributed by atoms with Crippen molar-refractivity contribution in [2.75, 3.05) is 19.1 Å². The van der Waals surface area contributed by atoms with Crippen LogP contribution in [0.25, 0.3) is 0 Å². The molecule has 4 heteroatoms. The lowest BCUT2D eigenvalue weighted by Gasteiger charge is -2.21. The number of benzene rings is 2. The van der Waals surface area contributed by atoms with Crippen molar-refractivity contribution >= 4 is 23.0 Å². The van der Waals surface area contributed by atoms with Crippen LogP contribution in [0.15, 0.2) is 42.5 Å². The molecule has 0 unspecified atom stereocenters. The first kappa shape index (κ1) is 13.3. The minimum atomic E-state index is 0.586. The van der Waals surface area contributed by atoms with Gasteiger partial charge < -0.3 is 9.64 Å². The summed E-state index contributed by atoms with van der Waals surface area (Å²) >= 11 is 6.00. The maximum Gasteiger partial charge on any atom is 0.119 e. The van der Waals surface area contributed by atoms with Gasteiger partial charge in [-0.2, -0.15) is 5.26 Å². The van der Waals surface area contributed by atoms with Gasteiger partial charge >= 0.3 is 0 Å². The molecule has 0 amide bonds. The van der Waals surface area contributed by atoms with E-state index in [2.05, 4.69) is 6.07 Å². The predicted octanol–water partition coefficient (Wildman–Crippen LogP) is 3.99. The van der Waals surface area contributed by atoms with Crippen molar-refractivity contribution in [3.8, 4) is 11.8 Å². The Balaban J connectivity index is 2.40. The van der Waals surface area contributed by atoms with E-state index in [0.717, 1.165) is 17.1 Å². The van der Waals surface area contributed by atoms with Gasteiger partial charge in [0.2, 0.25) is 0 Å². The van der Waals surface area contributed by atoms with Crippen LogP contribution in [0.1, 0.15) is 5.56 Å². The molecule has 0 bridgehead atoms. The zero-order valence-electron chi connectivity index (χ0n) is 10.7. The number of hydrogen-bond donors (Lipinski definition) is 0. The molecule has 0 radical (unpaired) electrons. The molecule has 0 saturated heterocycles. The number of nitrogens with zero attached hydrogens (tertiary/aromatic N) is 2. The summed E-state index contributed by atoms with van der Waals surface area (Å²) in [4.78, 5) is 1.92. The third kappa shape index (κ3) is 2.81. The van der Waals surface area contributed by atoms with Crippen LogP contribution < -0.4 is 9.64 Å². The molecular weight excluding hydrogens is 260 g/mol. The van der Waals surface area contributed by atoms with Crippen molar-refractivity contribution < 1.29 is 4.74 Å². The second-order valence-corrected chi connectivity index (χ2v) is 4.47. The van der Waals surface area contributed by atoms with Crippen LogP contribution in [0.4, 0.5) is 11.4 Å². The molecule has 0 atom stereocenters. The summed E-state index contributed by atoms with van der Waals surface area (Å²) < 4.78 is 5.13. The number of rotatable bonds is 3. The van der Waals surface area contributed by atoms with E-state index < -0.39 is 0 Å². The zero-order valence-corrected chi connectivity index (χ0v) is 11.5. The van der Waals surface area contributed by atoms with Crippen molar-refractivity contribution in [2.45, 2.75) is 0 Å². The third-order valence-electron chi connectivity index (χ3n) is 2.90. The first-order chi connectivity index (χ1) is 9.15. The Kier molecular flexibility index (Phi) is 3.94. The number of methoxy groups -OCH3 is 1. The summed E-state index contributed by atoms with van der Waals surface area (Å²) in [5.41, 5.74) is 2.32. The fourth-order valence-electron chi connectivity index (χ4n) is 1.82. The van der Waals surface area contributed by atoms with Crippen molar-refractivity contribution in [3.63, 3.8) is 0 Å². The van der Waals surface area contributed by atoms with Crippen LogP contribution in [-0.2, 0) is 0 Å². The van der Waals surface area contributed by atoms with Gasteiger partial charge in [-0.1, -0.05) is 11.6 Å². The van der Waals surface area contributed by atoms with Crippen LogP contribution in [0.2, 0.25) is 5.02 Å². The van der Waals surface area contributed by atoms with E-state index in [9.17, 15) is 0 Å². The van der Waals surface area contributed by atoms with E-state index in [0.29, 0.717) is 10.6 Å². The van der Waals surface area contributed by atoms with Gasteiger partial charge in [-0.05, 0) is 42.5 Å². The highest BCUT2D eigenvalue weighted by atomic mass is 35.5. The van der Waals surface area contributed by atoms with Gasteiger partial charge in [-0.15, -0.1) is 0 Å². The molecule has 3 nitrogen and oxygen atoms in total. The SMILES string of the molecule is COc1ccc(N(C)c2cc(Cl)ccc2C#N)cc1. The summed E-state index contributed by atoms with van der Waals surface area (Å²) in [6, 6.07) is 15.0. The lowest BCUT2D eigenvalue weighted by Crippen LogP contribution is -2.10. The smallest absolute Gasteiger partial charge is 0.119 e. The predicted molar refractivity (Wildman–Crippen MR) is 77.2 cm³/mol. The first-order valence-corrected chi connectivity index (χ1v) is 6.11. The van der Waals surface area contributed by atoms with Crippen molar-refractivity contribution in [1.29, 1.82) is 5.26 Å². The van der Waals surface area contributed by atoms with Crippen LogP contribution in [0, 0.1) is 11.3 Å². The second kappa shape index (κ2) is 5.64. The summed E-state index contributed by atoms with van der Waals surface area (Å²) in [5, 5.41) is 9.75. The van der Waals surface area contributed by atoms with E-state index in [4.69, 9.17) is 21.6 Å². The number of nitriles is 1. The maximum absolute atomic E-state index is 9.15. The van der Waals surface area contributed by atoms with Crippen molar-refractivity contribution in [2.24, 2.45) is 0 Å². The molecule has 0 aliphatic heterocycles. The van der Waals surface area contributed by atoms with E-state index in [-0.39, 0.29) is 0 Å². The quantitative estimate of drug-likeness (QED) is 0.848. The molecule has 0 aliphatic carbocycles. The maximum atomic E-state index is 9.15. The van der Waals surface area contributed by atoms with E-state index in [1.165, 1.54) is 0 Å². The van der Waals surface area contributed by atoms with Gasteiger partial charge in [0.15, 0.2) is 0 Å². The summed E-state index contributed by atoms with van der Waals surface area (Å²) in [7, 11) is 3.53. The molecule has 0 aromatic heterocycles. The van der Waals surface area contributed by atoms with Crippen LogP contribution in [-0.4, -0.2) is 14.2 Å². The Hall–Kier alpha value is -2.18. The molecule has 0 N–H and O–H groups in total. The highest BCUT2D eigenvalue weighted by Gasteiger charge is 2.10. The lowest BCUT2D eigenvalue weighted by molar-refractivity contribution is 0.415. The average molecular weight is 273 g/mol. The molecule has 2 aromatic carbocycles. The molecule has 2 rings (SSSR count). The highest BCUT2D eigenvalue weighted by Crippen LogP contribution is 2.30. The Labute approximate surface area is 117 Å².